The molecule has 13 heteroatoms. The molecule has 3 atom stereocenters. The third kappa shape index (κ3) is 4.41. The molecule has 190 valence electrons. The number of benzene rings is 2. The summed E-state index contributed by atoms with van der Waals surface area (Å²) in [4.78, 5) is 64.7. The molecule has 0 spiro atoms. The molecule has 5 amide bonds. The van der Waals surface area contributed by atoms with Gasteiger partial charge in [-0.05, 0) is 42.0 Å². The Morgan fingerprint density at radius 1 is 1.05 bits per heavy atom. The summed E-state index contributed by atoms with van der Waals surface area (Å²) < 4.78 is 6.51. The van der Waals surface area contributed by atoms with Crippen LogP contribution in [0, 0.1) is 5.92 Å². The summed E-state index contributed by atoms with van der Waals surface area (Å²) >= 11 is 7.79. The van der Waals surface area contributed by atoms with E-state index < -0.39 is 45.7 Å². The highest BCUT2D eigenvalue weighted by Crippen LogP contribution is 2.53. The first-order valence-electron chi connectivity index (χ1n) is 11.0. The van der Waals surface area contributed by atoms with Gasteiger partial charge in [-0.25, -0.2) is 4.79 Å². The summed E-state index contributed by atoms with van der Waals surface area (Å²) in [5.74, 6) is -2.97. The van der Waals surface area contributed by atoms with Gasteiger partial charge in [0.05, 0.1) is 18.1 Å². The van der Waals surface area contributed by atoms with Crippen LogP contribution in [0.5, 0.6) is 5.75 Å². The van der Waals surface area contributed by atoms with E-state index in [9.17, 15) is 24.0 Å². The Bertz CT molecular complexity index is 1480. The van der Waals surface area contributed by atoms with E-state index >= 15 is 0 Å². The lowest BCUT2D eigenvalue weighted by Gasteiger charge is -2.30. The molecular weight excluding hydrogens is 540 g/mol. The second-order valence-corrected chi connectivity index (χ2v) is 10.9. The number of urea groups is 1. The van der Waals surface area contributed by atoms with Crippen molar-refractivity contribution in [1.82, 2.24) is 9.47 Å². The first kappa shape index (κ1) is 25.1. The van der Waals surface area contributed by atoms with Gasteiger partial charge in [0, 0.05) is 21.5 Å². The van der Waals surface area contributed by atoms with E-state index in [0.29, 0.717) is 36.8 Å². The van der Waals surface area contributed by atoms with Crippen molar-refractivity contribution in [1.29, 1.82) is 0 Å². The predicted molar refractivity (Wildman–Crippen MR) is 138 cm³/mol. The van der Waals surface area contributed by atoms with E-state index in [4.69, 9.17) is 22.1 Å². The van der Waals surface area contributed by atoms with Crippen molar-refractivity contribution in [3.05, 3.63) is 73.7 Å². The van der Waals surface area contributed by atoms with Crippen LogP contribution >= 0.6 is 34.7 Å². The van der Waals surface area contributed by atoms with E-state index in [1.165, 1.54) is 11.7 Å². The maximum absolute atomic E-state index is 13.2. The third-order valence-corrected chi connectivity index (χ3v) is 9.03. The molecule has 1 aromatic heterocycles. The summed E-state index contributed by atoms with van der Waals surface area (Å²) in [6.07, 6.45) is 0. The summed E-state index contributed by atoms with van der Waals surface area (Å²) in [6, 6.07) is 12.3. The topological polar surface area (TPSA) is 141 Å². The molecule has 0 bridgehead atoms. The molecule has 0 radical (unpaired) electrons. The van der Waals surface area contributed by atoms with Crippen LogP contribution in [0.25, 0.3) is 0 Å². The molecule has 2 aliphatic rings. The quantitative estimate of drug-likeness (QED) is 0.459. The van der Waals surface area contributed by atoms with Crippen LogP contribution in [0.15, 0.2) is 58.4 Å². The molecule has 1 saturated heterocycles. The van der Waals surface area contributed by atoms with E-state index in [-0.39, 0.29) is 6.54 Å². The third-order valence-electron chi connectivity index (χ3n) is 6.17. The number of nitrogens with zero attached hydrogens (tertiary/aromatic N) is 2. The number of rotatable bonds is 5. The van der Waals surface area contributed by atoms with Gasteiger partial charge in [0.1, 0.15) is 17.5 Å². The second kappa shape index (κ2) is 9.69. The van der Waals surface area contributed by atoms with Crippen molar-refractivity contribution in [2.45, 2.75) is 22.7 Å². The molecule has 3 aromatic rings. The summed E-state index contributed by atoms with van der Waals surface area (Å²) in [7, 11) is 1.52. The van der Waals surface area contributed by atoms with Crippen molar-refractivity contribution in [3.8, 4) is 5.75 Å². The Kier molecular flexibility index (Phi) is 6.56. The molecule has 0 unspecified atom stereocenters. The number of hydrogen-bond acceptors (Lipinski definition) is 8. The van der Waals surface area contributed by atoms with E-state index in [1.54, 1.807) is 48.5 Å². The predicted octanol–water partition coefficient (Wildman–Crippen LogP) is 2.88. The Labute approximate surface area is 223 Å². The molecular formula is C24H19ClN4O6S2. The average Bonchev–Trinajstić information content (AvgIpc) is 3.31. The van der Waals surface area contributed by atoms with Crippen molar-refractivity contribution >= 4 is 64.1 Å². The standard InChI is InChI=1S/C24H19ClN4O6S2/c1-35-14-8-2-11(3-9-14)16-17-18(21(32)29(20(17)31)23(26)33)36-22-19(16)37-24(34)28(22)10-15(30)27-13-6-4-12(25)5-7-13/h2-9,16-18H,10H2,1H3,(H2,26,33)(H,27,30)/t16-,17+,18-/m0/s1. The molecule has 37 heavy (non-hydrogen) atoms. The lowest BCUT2D eigenvalue weighted by atomic mass is 9.83. The number of methoxy groups -OCH3 is 1. The normalized spacial score (nSPS) is 20.4. The molecule has 10 nitrogen and oxygen atoms in total. The van der Waals surface area contributed by atoms with Gasteiger partial charge in [-0.15, -0.1) is 0 Å². The number of carbonyl (C=O) groups is 4. The van der Waals surface area contributed by atoms with Gasteiger partial charge < -0.3 is 15.8 Å². The van der Waals surface area contributed by atoms with Crippen molar-refractivity contribution < 1.29 is 23.9 Å². The molecule has 1 fully saturated rings. The number of primary amides is 1. The van der Waals surface area contributed by atoms with E-state index in [1.807, 2.05) is 0 Å². The maximum atomic E-state index is 13.2. The lowest BCUT2D eigenvalue weighted by Crippen LogP contribution is -2.41. The van der Waals surface area contributed by atoms with Crippen molar-refractivity contribution in [3.63, 3.8) is 0 Å². The first-order chi connectivity index (χ1) is 17.7. The summed E-state index contributed by atoms with van der Waals surface area (Å²) in [5.41, 5.74) is 6.50. The van der Waals surface area contributed by atoms with Gasteiger partial charge >= 0.3 is 10.9 Å². The second-order valence-electron chi connectivity index (χ2n) is 8.34. The Balaban J connectivity index is 1.55. The Morgan fingerprint density at radius 2 is 1.73 bits per heavy atom. The summed E-state index contributed by atoms with van der Waals surface area (Å²) in [5, 5.41) is 2.64. The molecule has 2 aromatic carbocycles. The number of nitrogens with one attached hydrogen (secondary N) is 1. The van der Waals surface area contributed by atoms with Gasteiger partial charge in [0.15, 0.2) is 0 Å². The van der Waals surface area contributed by atoms with Gasteiger partial charge in [0.25, 0.3) is 5.91 Å². The number of ether oxygens (including phenoxy) is 1. The number of carbonyl (C=O) groups excluding carboxylic acids is 4. The molecule has 0 aliphatic carbocycles. The van der Waals surface area contributed by atoms with E-state index in [0.717, 1.165) is 23.1 Å². The van der Waals surface area contributed by atoms with Crippen LogP contribution < -0.4 is 20.7 Å². The Morgan fingerprint density at radius 3 is 2.35 bits per heavy atom. The number of imide groups is 3. The SMILES string of the molecule is COc1ccc([C@@H]2c3sc(=O)n(CC(=O)Nc4ccc(Cl)cc4)c3S[C@@H]3C(=O)N(C(N)=O)C(=O)[C@H]23)cc1. The van der Waals surface area contributed by atoms with E-state index in [2.05, 4.69) is 5.32 Å². The van der Waals surface area contributed by atoms with Gasteiger partial charge in [-0.1, -0.05) is 46.8 Å². The highest BCUT2D eigenvalue weighted by molar-refractivity contribution is 8.00. The monoisotopic (exact) mass is 558 g/mol. The zero-order chi connectivity index (χ0) is 26.4. The highest BCUT2D eigenvalue weighted by atomic mass is 35.5. The van der Waals surface area contributed by atoms with Crippen LogP contribution in [-0.4, -0.2) is 45.6 Å². The molecule has 0 saturated carbocycles. The van der Waals surface area contributed by atoms with Gasteiger partial charge in [-0.2, -0.15) is 4.90 Å². The first-order valence-corrected chi connectivity index (χ1v) is 13.0. The van der Waals surface area contributed by atoms with Gasteiger partial charge in [0.2, 0.25) is 11.8 Å². The molecule has 5 rings (SSSR count). The number of aromatic nitrogens is 1. The fraction of sp³-hybridized carbons (Fsp3) is 0.208. The zero-order valence-electron chi connectivity index (χ0n) is 19.2. The fourth-order valence-electron chi connectivity index (χ4n) is 4.52. The number of nitrogens with two attached hydrogens (primary N) is 1. The number of halogens is 1. The largest absolute Gasteiger partial charge is 0.497 e. The molecule has 3 N–H and O–H groups in total. The van der Waals surface area contributed by atoms with Crippen LogP contribution in [-0.2, 0) is 20.9 Å². The molecule has 3 heterocycles. The highest BCUT2D eigenvalue weighted by Gasteiger charge is 2.57. The number of thioether (sulfide) groups is 1. The number of anilines is 1. The maximum Gasteiger partial charge on any atom is 0.328 e. The minimum Gasteiger partial charge on any atom is -0.497 e. The summed E-state index contributed by atoms with van der Waals surface area (Å²) in [6.45, 7) is -0.311. The Hall–Kier alpha value is -3.61. The smallest absolute Gasteiger partial charge is 0.328 e. The van der Waals surface area contributed by atoms with Crippen LogP contribution in [0.2, 0.25) is 5.02 Å². The van der Waals surface area contributed by atoms with Crippen molar-refractivity contribution in [2.24, 2.45) is 11.7 Å². The zero-order valence-corrected chi connectivity index (χ0v) is 21.6. The fourth-order valence-corrected chi connectivity index (χ4v) is 7.42. The average molecular weight is 559 g/mol. The minimum atomic E-state index is -1.15. The van der Waals surface area contributed by atoms with Crippen LogP contribution in [0.3, 0.4) is 0 Å². The molecule has 2 aliphatic heterocycles. The van der Waals surface area contributed by atoms with Crippen LogP contribution in [0.4, 0.5) is 10.5 Å². The van der Waals surface area contributed by atoms with Gasteiger partial charge in [-0.3, -0.25) is 23.7 Å². The number of amides is 5. The minimum absolute atomic E-state index is 0.311. The number of thiazole rings is 1. The number of likely N-dealkylation sites (tertiary alicyclic amines) is 1. The number of hydrogen-bond donors (Lipinski definition) is 2. The van der Waals surface area contributed by atoms with Crippen LogP contribution in [0.1, 0.15) is 16.4 Å². The number of fused-ring (bicyclic) bond motifs is 2. The lowest BCUT2D eigenvalue weighted by molar-refractivity contribution is -0.135. The van der Waals surface area contributed by atoms with Crippen molar-refractivity contribution in [2.75, 3.05) is 12.4 Å².